The molecule has 5 heteroatoms. The first-order valence-electron chi connectivity index (χ1n) is 6.50. The van der Waals surface area contributed by atoms with Crippen LogP contribution in [0.4, 0.5) is 0 Å². The molecule has 1 aliphatic rings. The van der Waals surface area contributed by atoms with Gasteiger partial charge in [0.15, 0.2) is 0 Å². The standard InChI is InChI=1S/C14H19NO4/c1-2-7-18-12-3-5-13(6-4-12)19-10-15-8-11(9-15)14(16)17/h3-6,11H,2,7-10H2,1H3,(H,16,17). The molecule has 19 heavy (non-hydrogen) atoms. The van der Waals surface area contributed by atoms with E-state index in [4.69, 9.17) is 14.6 Å². The molecule has 1 aromatic carbocycles. The van der Waals surface area contributed by atoms with Crippen LogP contribution in [0.25, 0.3) is 0 Å². The average molecular weight is 265 g/mol. The van der Waals surface area contributed by atoms with Gasteiger partial charge in [-0.1, -0.05) is 6.92 Å². The number of ether oxygens (including phenoxy) is 2. The first kappa shape index (κ1) is 13.7. The predicted molar refractivity (Wildman–Crippen MR) is 70.4 cm³/mol. The zero-order valence-electron chi connectivity index (χ0n) is 11.0. The van der Waals surface area contributed by atoms with Crippen LogP contribution in [0.15, 0.2) is 24.3 Å². The van der Waals surface area contributed by atoms with Crippen LogP contribution in [0.3, 0.4) is 0 Å². The Hall–Kier alpha value is -1.75. The number of hydrogen-bond donors (Lipinski definition) is 1. The van der Waals surface area contributed by atoms with E-state index in [1.165, 1.54) is 0 Å². The SMILES string of the molecule is CCCOc1ccc(OCN2CC(C(=O)O)C2)cc1. The lowest BCUT2D eigenvalue weighted by molar-refractivity contribution is -0.148. The first-order valence-corrected chi connectivity index (χ1v) is 6.50. The lowest BCUT2D eigenvalue weighted by Crippen LogP contribution is -2.51. The van der Waals surface area contributed by atoms with E-state index in [1.807, 2.05) is 29.2 Å². The van der Waals surface area contributed by atoms with Gasteiger partial charge in [0.2, 0.25) is 0 Å². The van der Waals surface area contributed by atoms with E-state index in [0.717, 1.165) is 17.9 Å². The Morgan fingerprint density at radius 2 is 1.84 bits per heavy atom. The van der Waals surface area contributed by atoms with Crippen LogP contribution in [-0.2, 0) is 4.79 Å². The van der Waals surface area contributed by atoms with Crippen molar-refractivity contribution in [1.82, 2.24) is 4.90 Å². The molecule has 5 nitrogen and oxygen atoms in total. The molecule has 0 radical (unpaired) electrons. The van der Waals surface area contributed by atoms with Crippen molar-refractivity contribution in [3.05, 3.63) is 24.3 Å². The third-order valence-electron chi connectivity index (χ3n) is 3.02. The van der Waals surface area contributed by atoms with Gasteiger partial charge in [0, 0.05) is 13.1 Å². The highest BCUT2D eigenvalue weighted by molar-refractivity contribution is 5.71. The zero-order chi connectivity index (χ0) is 13.7. The summed E-state index contributed by atoms with van der Waals surface area (Å²) >= 11 is 0. The summed E-state index contributed by atoms with van der Waals surface area (Å²) in [5.41, 5.74) is 0. The predicted octanol–water partition coefficient (Wildman–Crippen LogP) is 1.83. The molecular formula is C14H19NO4. The topological polar surface area (TPSA) is 59.0 Å². The summed E-state index contributed by atoms with van der Waals surface area (Å²) < 4.78 is 11.1. The normalized spacial score (nSPS) is 15.8. The minimum absolute atomic E-state index is 0.242. The van der Waals surface area contributed by atoms with Gasteiger partial charge in [0.25, 0.3) is 0 Å². The van der Waals surface area contributed by atoms with Crippen LogP contribution in [0.2, 0.25) is 0 Å². The largest absolute Gasteiger partial charge is 0.494 e. The number of likely N-dealkylation sites (tertiary alicyclic amines) is 1. The van der Waals surface area contributed by atoms with E-state index >= 15 is 0 Å². The maximum Gasteiger partial charge on any atom is 0.309 e. The smallest absolute Gasteiger partial charge is 0.309 e. The molecule has 0 bridgehead atoms. The molecule has 0 unspecified atom stereocenters. The molecule has 1 heterocycles. The fourth-order valence-corrected chi connectivity index (χ4v) is 1.85. The number of aliphatic carboxylic acids is 1. The molecule has 0 spiro atoms. The second-order valence-electron chi connectivity index (χ2n) is 4.66. The first-order chi connectivity index (χ1) is 9.19. The van der Waals surface area contributed by atoms with Gasteiger partial charge >= 0.3 is 5.97 Å². The number of carboxylic acid groups (broad SMARTS) is 1. The highest BCUT2D eigenvalue weighted by Crippen LogP contribution is 2.20. The third-order valence-corrected chi connectivity index (χ3v) is 3.02. The molecule has 0 aromatic heterocycles. The minimum Gasteiger partial charge on any atom is -0.494 e. The van der Waals surface area contributed by atoms with Crippen LogP contribution in [-0.4, -0.2) is 42.4 Å². The Bertz CT molecular complexity index is 412. The van der Waals surface area contributed by atoms with Crippen LogP contribution >= 0.6 is 0 Å². The quantitative estimate of drug-likeness (QED) is 0.815. The van der Waals surface area contributed by atoms with Crippen LogP contribution in [0.5, 0.6) is 11.5 Å². The van der Waals surface area contributed by atoms with Crippen molar-refractivity contribution in [3.8, 4) is 11.5 Å². The van der Waals surface area contributed by atoms with Gasteiger partial charge in [-0.25, -0.2) is 0 Å². The Labute approximate surface area is 112 Å². The van der Waals surface area contributed by atoms with Gasteiger partial charge in [0.05, 0.1) is 12.5 Å². The molecule has 1 N–H and O–H groups in total. The third kappa shape index (κ3) is 3.86. The van der Waals surface area contributed by atoms with Crippen molar-refractivity contribution in [2.75, 3.05) is 26.4 Å². The van der Waals surface area contributed by atoms with Crippen LogP contribution in [0, 0.1) is 5.92 Å². The van der Waals surface area contributed by atoms with E-state index in [0.29, 0.717) is 26.4 Å². The lowest BCUT2D eigenvalue weighted by atomic mass is 10.0. The van der Waals surface area contributed by atoms with Gasteiger partial charge in [-0.2, -0.15) is 0 Å². The van der Waals surface area contributed by atoms with Crippen molar-refractivity contribution in [1.29, 1.82) is 0 Å². The van der Waals surface area contributed by atoms with Crippen molar-refractivity contribution >= 4 is 5.97 Å². The molecule has 2 rings (SSSR count). The molecule has 1 saturated heterocycles. The number of benzene rings is 1. The van der Waals surface area contributed by atoms with Crippen molar-refractivity contribution in [3.63, 3.8) is 0 Å². The maximum atomic E-state index is 10.6. The summed E-state index contributed by atoms with van der Waals surface area (Å²) in [7, 11) is 0. The Balaban J connectivity index is 1.70. The van der Waals surface area contributed by atoms with Crippen molar-refractivity contribution < 1.29 is 19.4 Å². The van der Waals surface area contributed by atoms with Gasteiger partial charge in [-0.3, -0.25) is 9.69 Å². The second-order valence-corrected chi connectivity index (χ2v) is 4.66. The maximum absolute atomic E-state index is 10.6. The van der Waals surface area contributed by atoms with Gasteiger partial charge in [0.1, 0.15) is 18.2 Å². The molecule has 0 atom stereocenters. The number of nitrogens with zero attached hydrogens (tertiary/aromatic N) is 1. The molecular weight excluding hydrogens is 246 g/mol. The molecule has 0 aliphatic carbocycles. The van der Waals surface area contributed by atoms with Crippen molar-refractivity contribution in [2.24, 2.45) is 5.92 Å². The van der Waals surface area contributed by atoms with E-state index in [1.54, 1.807) is 0 Å². The number of carbonyl (C=O) groups is 1. The molecule has 104 valence electrons. The number of rotatable bonds is 7. The number of hydrogen-bond acceptors (Lipinski definition) is 4. The Morgan fingerprint density at radius 3 is 2.37 bits per heavy atom. The van der Waals surface area contributed by atoms with Crippen LogP contribution < -0.4 is 9.47 Å². The highest BCUT2D eigenvalue weighted by Gasteiger charge is 2.32. The highest BCUT2D eigenvalue weighted by atomic mass is 16.5. The lowest BCUT2D eigenvalue weighted by Gasteiger charge is -2.35. The van der Waals surface area contributed by atoms with E-state index in [2.05, 4.69) is 6.92 Å². The monoisotopic (exact) mass is 265 g/mol. The average Bonchev–Trinajstić information content (AvgIpc) is 2.35. The van der Waals surface area contributed by atoms with Gasteiger partial charge in [-0.15, -0.1) is 0 Å². The van der Waals surface area contributed by atoms with Gasteiger partial charge < -0.3 is 14.6 Å². The molecule has 1 aliphatic heterocycles. The second kappa shape index (κ2) is 6.43. The molecule has 0 saturated carbocycles. The van der Waals surface area contributed by atoms with Gasteiger partial charge in [-0.05, 0) is 30.7 Å². The molecule has 1 fully saturated rings. The fraction of sp³-hybridized carbons (Fsp3) is 0.500. The summed E-state index contributed by atoms with van der Waals surface area (Å²) in [5, 5.41) is 8.76. The Kier molecular flexibility index (Phi) is 4.63. The summed E-state index contributed by atoms with van der Waals surface area (Å²) in [6.45, 7) is 4.33. The summed E-state index contributed by atoms with van der Waals surface area (Å²) in [6.07, 6.45) is 0.984. The Morgan fingerprint density at radius 1 is 1.26 bits per heavy atom. The van der Waals surface area contributed by atoms with E-state index < -0.39 is 5.97 Å². The van der Waals surface area contributed by atoms with Crippen LogP contribution in [0.1, 0.15) is 13.3 Å². The van der Waals surface area contributed by atoms with Crippen molar-refractivity contribution in [2.45, 2.75) is 13.3 Å². The van der Waals surface area contributed by atoms with E-state index in [9.17, 15) is 4.79 Å². The fourth-order valence-electron chi connectivity index (χ4n) is 1.85. The number of carboxylic acids is 1. The van der Waals surface area contributed by atoms with E-state index in [-0.39, 0.29) is 5.92 Å². The summed E-state index contributed by atoms with van der Waals surface area (Å²) in [5.74, 6) is 0.633. The molecule has 1 aromatic rings. The summed E-state index contributed by atoms with van der Waals surface area (Å²) in [6, 6.07) is 7.47. The summed E-state index contributed by atoms with van der Waals surface area (Å²) in [4.78, 5) is 12.6. The minimum atomic E-state index is -0.728. The molecule has 0 amide bonds. The zero-order valence-corrected chi connectivity index (χ0v) is 11.0.